The molecule has 1 aromatic heterocycles. The molecule has 1 atom stereocenters. The van der Waals surface area contributed by atoms with Gasteiger partial charge in [-0.3, -0.25) is 4.90 Å². The molecule has 1 aliphatic rings. The number of piperidine rings is 1. The first-order chi connectivity index (χ1) is 9.22. The summed E-state index contributed by atoms with van der Waals surface area (Å²) in [6.07, 6.45) is 5.47. The Morgan fingerprint density at radius 1 is 1.32 bits per heavy atom. The molecule has 1 saturated heterocycles. The van der Waals surface area contributed by atoms with Gasteiger partial charge in [-0.25, -0.2) is 15.8 Å². The molecule has 106 valence electrons. The second-order valence-electron chi connectivity index (χ2n) is 4.86. The van der Waals surface area contributed by atoms with Crippen LogP contribution in [-0.4, -0.2) is 40.5 Å². The van der Waals surface area contributed by atoms with E-state index in [0.29, 0.717) is 11.9 Å². The zero-order valence-electron chi connectivity index (χ0n) is 11.2. The van der Waals surface area contributed by atoms with E-state index in [1.165, 1.54) is 38.7 Å². The Morgan fingerprint density at radius 3 is 2.68 bits per heavy atom. The number of nitrogens with two attached hydrogens (primary N) is 1. The number of nitrogens with one attached hydrogen (secondary N) is 2. The van der Waals surface area contributed by atoms with E-state index in [1.54, 1.807) is 0 Å². The number of anilines is 2. The van der Waals surface area contributed by atoms with Crippen molar-refractivity contribution in [3.05, 3.63) is 10.8 Å². The topological polar surface area (TPSA) is 79.1 Å². The van der Waals surface area contributed by atoms with Gasteiger partial charge in [0.2, 0.25) is 0 Å². The summed E-state index contributed by atoms with van der Waals surface area (Å²) in [5.41, 5.74) is 2.54. The molecule has 0 spiro atoms. The summed E-state index contributed by atoms with van der Waals surface area (Å²) in [7, 11) is 0. The third-order valence-corrected chi connectivity index (χ3v) is 4.26. The van der Waals surface area contributed by atoms with Crippen molar-refractivity contribution in [1.29, 1.82) is 0 Å². The third-order valence-electron chi connectivity index (χ3n) is 3.51. The van der Waals surface area contributed by atoms with Gasteiger partial charge >= 0.3 is 0 Å². The molecule has 0 aliphatic carbocycles. The first-order valence-electron chi connectivity index (χ1n) is 6.67. The van der Waals surface area contributed by atoms with Crippen LogP contribution in [0.3, 0.4) is 0 Å². The van der Waals surface area contributed by atoms with Crippen molar-refractivity contribution < 1.29 is 0 Å². The van der Waals surface area contributed by atoms with Gasteiger partial charge in [-0.15, -0.1) is 0 Å². The van der Waals surface area contributed by atoms with Crippen LogP contribution in [0.25, 0.3) is 0 Å². The van der Waals surface area contributed by atoms with Crippen molar-refractivity contribution in [2.45, 2.75) is 32.2 Å². The molecule has 0 bridgehead atoms. The summed E-state index contributed by atoms with van der Waals surface area (Å²) >= 11 is 3.44. The number of halogens is 1. The summed E-state index contributed by atoms with van der Waals surface area (Å²) in [6, 6.07) is 0.497. The Hall–Kier alpha value is -0.920. The number of hydrogen-bond donors (Lipinski definition) is 3. The van der Waals surface area contributed by atoms with E-state index in [-0.39, 0.29) is 0 Å². The lowest BCUT2D eigenvalue weighted by Gasteiger charge is -2.32. The fourth-order valence-corrected chi connectivity index (χ4v) is 2.79. The largest absolute Gasteiger partial charge is 0.367 e. The van der Waals surface area contributed by atoms with Crippen molar-refractivity contribution >= 4 is 27.6 Å². The van der Waals surface area contributed by atoms with Crippen LogP contribution >= 0.6 is 15.9 Å². The van der Waals surface area contributed by atoms with Gasteiger partial charge < -0.3 is 10.7 Å². The minimum atomic E-state index is 0.497. The molecular formula is C12H21BrN6. The highest BCUT2D eigenvalue weighted by Crippen LogP contribution is 2.25. The molecule has 1 aromatic rings. The maximum absolute atomic E-state index is 5.39. The Bertz CT molecular complexity index is 407. The number of nitrogens with zero attached hydrogens (tertiary/aromatic N) is 3. The summed E-state index contributed by atoms with van der Waals surface area (Å²) in [5.74, 6) is 6.74. The Morgan fingerprint density at radius 2 is 2.00 bits per heavy atom. The van der Waals surface area contributed by atoms with Gasteiger partial charge in [-0.05, 0) is 48.8 Å². The highest BCUT2D eigenvalue weighted by molar-refractivity contribution is 9.10. The van der Waals surface area contributed by atoms with Gasteiger partial charge in [-0.1, -0.05) is 6.42 Å². The van der Waals surface area contributed by atoms with Crippen molar-refractivity contribution in [1.82, 2.24) is 14.9 Å². The number of hydrogen-bond acceptors (Lipinski definition) is 6. The van der Waals surface area contributed by atoms with Crippen LogP contribution < -0.4 is 16.6 Å². The van der Waals surface area contributed by atoms with E-state index in [2.05, 4.69) is 48.5 Å². The van der Waals surface area contributed by atoms with Gasteiger partial charge in [0.25, 0.3) is 0 Å². The minimum Gasteiger partial charge on any atom is -0.367 e. The lowest BCUT2D eigenvalue weighted by Crippen LogP contribution is -2.41. The normalized spacial score (nSPS) is 18.1. The molecule has 0 amide bonds. The Kier molecular flexibility index (Phi) is 5.35. The Labute approximate surface area is 122 Å². The molecule has 0 aromatic carbocycles. The molecule has 0 saturated carbocycles. The number of rotatable bonds is 5. The van der Waals surface area contributed by atoms with Gasteiger partial charge in [0.05, 0.1) is 0 Å². The number of likely N-dealkylation sites (tertiary alicyclic amines) is 1. The molecule has 1 unspecified atom stereocenters. The molecular weight excluding hydrogens is 308 g/mol. The fraction of sp³-hybridized carbons (Fsp3) is 0.667. The SMILES string of the molecule is CC(CNc1ncnc(NN)c1Br)N1CCCCC1. The van der Waals surface area contributed by atoms with Crippen LogP contribution in [0.5, 0.6) is 0 Å². The highest BCUT2D eigenvalue weighted by atomic mass is 79.9. The van der Waals surface area contributed by atoms with E-state index in [9.17, 15) is 0 Å². The van der Waals surface area contributed by atoms with E-state index >= 15 is 0 Å². The third kappa shape index (κ3) is 3.77. The zero-order chi connectivity index (χ0) is 13.7. The predicted molar refractivity (Wildman–Crippen MR) is 80.9 cm³/mol. The van der Waals surface area contributed by atoms with E-state index in [0.717, 1.165) is 16.8 Å². The molecule has 1 aliphatic heterocycles. The smallest absolute Gasteiger partial charge is 0.159 e. The van der Waals surface area contributed by atoms with Crippen LogP contribution in [0, 0.1) is 0 Å². The molecule has 2 rings (SSSR count). The zero-order valence-corrected chi connectivity index (χ0v) is 12.8. The molecule has 4 N–H and O–H groups in total. The standard InChI is InChI=1S/C12H21BrN6/c1-9(19-5-3-2-4-6-19)7-15-11-10(13)12(18-14)17-8-16-11/h8-9H,2-7,14H2,1H3,(H2,15,16,17,18). The molecule has 7 heteroatoms. The van der Waals surface area contributed by atoms with Crippen LogP contribution in [0.15, 0.2) is 10.8 Å². The van der Waals surface area contributed by atoms with E-state index < -0.39 is 0 Å². The van der Waals surface area contributed by atoms with E-state index in [4.69, 9.17) is 5.84 Å². The van der Waals surface area contributed by atoms with Crippen LogP contribution in [-0.2, 0) is 0 Å². The van der Waals surface area contributed by atoms with E-state index in [1.807, 2.05) is 0 Å². The van der Waals surface area contributed by atoms with Crippen molar-refractivity contribution in [2.24, 2.45) is 5.84 Å². The minimum absolute atomic E-state index is 0.497. The van der Waals surface area contributed by atoms with Crippen LogP contribution in [0.4, 0.5) is 11.6 Å². The number of hydrazine groups is 1. The maximum atomic E-state index is 5.39. The summed E-state index contributed by atoms with van der Waals surface area (Å²) < 4.78 is 0.767. The highest BCUT2D eigenvalue weighted by Gasteiger charge is 2.17. The average Bonchev–Trinajstić information content (AvgIpc) is 2.47. The van der Waals surface area contributed by atoms with Crippen LogP contribution in [0.2, 0.25) is 0 Å². The second-order valence-corrected chi connectivity index (χ2v) is 5.65. The maximum Gasteiger partial charge on any atom is 0.159 e. The van der Waals surface area contributed by atoms with Crippen LogP contribution in [0.1, 0.15) is 26.2 Å². The second kappa shape index (κ2) is 7.02. The van der Waals surface area contributed by atoms with Crippen molar-refractivity contribution in [2.75, 3.05) is 30.4 Å². The molecule has 1 fully saturated rings. The quantitative estimate of drug-likeness (QED) is 0.565. The molecule has 2 heterocycles. The van der Waals surface area contributed by atoms with Gasteiger partial charge in [-0.2, -0.15) is 0 Å². The number of aromatic nitrogens is 2. The summed E-state index contributed by atoms with van der Waals surface area (Å²) in [6.45, 7) is 5.50. The predicted octanol–water partition coefficient (Wildman–Crippen LogP) is 1.81. The first-order valence-corrected chi connectivity index (χ1v) is 7.46. The average molecular weight is 329 g/mol. The summed E-state index contributed by atoms with van der Waals surface area (Å²) in [4.78, 5) is 10.8. The summed E-state index contributed by atoms with van der Waals surface area (Å²) in [5, 5.41) is 3.35. The van der Waals surface area contributed by atoms with Gasteiger partial charge in [0.1, 0.15) is 16.6 Å². The Balaban J connectivity index is 1.91. The monoisotopic (exact) mass is 328 g/mol. The molecule has 0 radical (unpaired) electrons. The number of nitrogen functional groups attached to an aromatic ring is 1. The molecule has 6 nitrogen and oxygen atoms in total. The lowest BCUT2D eigenvalue weighted by molar-refractivity contribution is 0.180. The van der Waals surface area contributed by atoms with Crippen molar-refractivity contribution in [3.63, 3.8) is 0 Å². The molecule has 19 heavy (non-hydrogen) atoms. The van der Waals surface area contributed by atoms with Gasteiger partial charge in [0, 0.05) is 12.6 Å². The lowest BCUT2D eigenvalue weighted by atomic mass is 10.1. The first kappa shape index (κ1) is 14.5. The van der Waals surface area contributed by atoms with Gasteiger partial charge in [0.15, 0.2) is 5.82 Å². The van der Waals surface area contributed by atoms with Crippen molar-refractivity contribution in [3.8, 4) is 0 Å². The fourth-order valence-electron chi connectivity index (χ4n) is 2.33.